The second-order valence-electron chi connectivity index (χ2n) is 15.5. The van der Waals surface area contributed by atoms with Gasteiger partial charge in [-0.15, -0.1) is 0 Å². The molecule has 0 saturated heterocycles. The van der Waals surface area contributed by atoms with Crippen molar-refractivity contribution in [2.45, 2.75) is 5.41 Å². The molecule has 1 spiro atoms. The van der Waals surface area contributed by atoms with Gasteiger partial charge < -0.3 is 0 Å². The summed E-state index contributed by atoms with van der Waals surface area (Å²) in [4.78, 5) is 0. The molecule has 0 heterocycles. The highest BCUT2D eigenvalue weighted by atomic mass is 14.5. The Hall–Kier alpha value is -7.02. The van der Waals surface area contributed by atoms with Gasteiger partial charge in [0.05, 0.1) is 5.41 Å². The van der Waals surface area contributed by atoms with Crippen molar-refractivity contribution < 1.29 is 0 Å². The van der Waals surface area contributed by atoms with Crippen LogP contribution in [-0.4, -0.2) is 0 Å². The van der Waals surface area contributed by atoms with Crippen molar-refractivity contribution in [3.8, 4) is 44.5 Å². The Morgan fingerprint density at radius 2 is 0.782 bits per heavy atom. The minimum Gasteiger partial charge on any atom is -0.0619 e. The summed E-state index contributed by atoms with van der Waals surface area (Å²) in [5, 5.41) is 13.0. The monoisotopic (exact) mass is 692 g/mol. The highest BCUT2D eigenvalue weighted by Crippen LogP contribution is 2.65. The van der Waals surface area contributed by atoms with Gasteiger partial charge in [-0.25, -0.2) is 0 Å². The van der Waals surface area contributed by atoms with Crippen LogP contribution in [-0.2, 0) is 5.41 Å². The topological polar surface area (TPSA) is 0 Å². The normalized spacial score (nSPS) is 13.6. The van der Waals surface area contributed by atoms with Gasteiger partial charge in [-0.2, -0.15) is 0 Å². The Morgan fingerprint density at radius 3 is 1.55 bits per heavy atom. The Kier molecular flexibility index (Phi) is 5.65. The third-order valence-electron chi connectivity index (χ3n) is 13.0. The van der Waals surface area contributed by atoms with Crippen LogP contribution in [0.4, 0.5) is 0 Å². The summed E-state index contributed by atoms with van der Waals surface area (Å²) in [5.74, 6) is 0. The van der Waals surface area contributed by atoms with Gasteiger partial charge in [0.2, 0.25) is 0 Å². The summed E-state index contributed by atoms with van der Waals surface area (Å²) in [6.07, 6.45) is 0. The molecule has 0 atom stereocenters. The maximum Gasteiger partial charge on any atom is 0.0726 e. The van der Waals surface area contributed by atoms with E-state index in [9.17, 15) is 0 Å². The first-order valence-corrected chi connectivity index (χ1v) is 19.3. The molecule has 0 bridgehead atoms. The lowest BCUT2D eigenvalue weighted by molar-refractivity contribution is 0.795. The van der Waals surface area contributed by atoms with Crippen molar-refractivity contribution in [2.24, 2.45) is 0 Å². The van der Waals surface area contributed by atoms with Crippen LogP contribution < -0.4 is 0 Å². The van der Waals surface area contributed by atoms with E-state index in [0.29, 0.717) is 0 Å². The first-order chi connectivity index (χ1) is 27.3. The van der Waals surface area contributed by atoms with E-state index in [2.05, 4.69) is 194 Å². The zero-order valence-corrected chi connectivity index (χ0v) is 30.0. The quantitative estimate of drug-likeness (QED) is 0.158. The molecule has 0 heteroatoms. The minimum atomic E-state index is -0.447. The number of fused-ring (bicyclic) bond motifs is 13. The largest absolute Gasteiger partial charge is 0.0726 e. The Labute approximate surface area is 318 Å². The molecule has 0 N–H and O–H groups in total. The number of hydrogen-bond donors (Lipinski definition) is 0. The van der Waals surface area contributed by atoms with Gasteiger partial charge in [0.15, 0.2) is 0 Å². The van der Waals surface area contributed by atoms with Crippen LogP contribution in [0.25, 0.3) is 98.4 Å². The molecule has 0 aliphatic heterocycles. The third kappa shape index (κ3) is 3.67. The molecule has 0 saturated carbocycles. The van der Waals surface area contributed by atoms with E-state index in [-0.39, 0.29) is 0 Å². The molecule has 11 aromatic rings. The first-order valence-electron chi connectivity index (χ1n) is 19.3. The average Bonchev–Trinajstić information content (AvgIpc) is 3.72. The van der Waals surface area contributed by atoms with Gasteiger partial charge in [0.1, 0.15) is 0 Å². The van der Waals surface area contributed by atoms with Gasteiger partial charge in [0.25, 0.3) is 0 Å². The van der Waals surface area contributed by atoms with Crippen molar-refractivity contribution in [3.63, 3.8) is 0 Å². The summed E-state index contributed by atoms with van der Waals surface area (Å²) in [5.41, 5.74) is 15.5. The van der Waals surface area contributed by atoms with Gasteiger partial charge in [0, 0.05) is 0 Å². The predicted molar refractivity (Wildman–Crippen MR) is 232 cm³/mol. The van der Waals surface area contributed by atoms with E-state index in [1.807, 2.05) is 0 Å². The van der Waals surface area contributed by atoms with Crippen LogP contribution in [0.15, 0.2) is 194 Å². The molecular weight excluding hydrogens is 661 g/mol. The summed E-state index contributed by atoms with van der Waals surface area (Å²) in [6, 6.07) is 73.4. The SMILES string of the molecule is c1ccc2c(c1)-c1ccccc1C21c2cc(-c3cccc4ccccc34)ccc2-c2c1cc1ccc3c(-c4cccc5ccccc45)ccc4ccc2c1c43. The maximum absolute atomic E-state index is 2.55. The number of rotatable bonds is 2. The Balaban J connectivity index is 1.17. The molecule has 0 radical (unpaired) electrons. The minimum absolute atomic E-state index is 0.447. The van der Waals surface area contributed by atoms with Crippen molar-refractivity contribution in [1.82, 2.24) is 0 Å². The van der Waals surface area contributed by atoms with Crippen molar-refractivity contribution in [1.29, 1.82) is 0 Å². The zero-order valence-electron chi connectivity index (χ0n) is 30.0. The smallest absolute Gasteiger partial charge is 0.0619 e. The van der Waals surface area contributed by atoms with Crippen molar-refractivity contribution in [2.75, 3.05) is 0 Å². The molecule has 0 nitrogen and oxygen atoms in total. The second-order valence-corrected chi connectivity index (χ2v) is 15.5. The fourth-order valence-corrected chi connectivity index (χ4v) is 10.8. The highest BCUT2D eigenvalue weighted by Gasteiger charge is 2.52. The molecule has 0 aromatic heterocycles. The van der Waals surface area contributed by atoms with Crippen molar-refractivity contribution in [3.05, 3.63) is 216 Å². The van der Waals surface area contributed by atoms with Crippen LogP contribution in [0.3, 0.4) is 0 Å². The number of hydrogen-bond acceptors (Lipinski definition) is 0. The Bertz CT molecular complexity index is 3380. The van der Waals surface area contributed by atoms with Crippen LogP contribution in [0.1, 0.15) is 22.3 Å². The van der Waals surface area contributed by atoms with Crippen LogP contribution in [0, 0.1) is 0 Å². The lowest BCUT2D eigenvalue weighted by atomic mass is 9.69. The van der Waals surface area contributed by atoms with Crippen molar-refractivity contribution >= 4 is 53.9 Å². The average molecular weight is 693 g/mol. The summed E-state index contributed by atoms with van der Waals surface area (Å²) in [6.45, 7) is 0. The molecular formula is C55H32. The summed E-state index contributed by atoms with van der Waals surface area (Å²) < 4.78 is 0. The fraction of sp³-hybridized carbons (Fsp3) is 0.0182. The molecule has 0 unspecified atom stereocenters. The molecule has 252 valence electrons. The summed E-state index contributed by atoms with van der Waals surface area (Å²) >= 11 is 0. The molecule has 13 rings (SSSR count). The predicted octanol–water partition coefficient (Wildman–Crippen LogP) is 14.6. The van der Waals surface area contributed by atoms with E-state index < -0.39 is 5.41 Å². The standard InChI is InChI=1S/C55H32/c1-3-15-38-33(11-1)13-9-19-40(38)36-25-29-46-50(31-36)55(48-21-7-5-17-43(48)44-18-6-8-22-49(44)55)51-32-37-26-28-45-42(41-20-10-14-34-12-2-4-16-39(34)41)27-23-35-24-30-47(54(46)51)53(37)52(35)45/h1-32H. The van der Waals surface area contributed by atoms with E-state index >= 15 is 0 Å². The second kappa shape index (κ2) is 10.6. The molecule has 0 fully saturated rings. The Morgan fingerprint density at radius 1 is 0.255 bits per heavy atom. The highest BCUT2D eigenvalue weighted by molar-refractivity contribution is 6.29. The number of benzene rings is 11. The maximum atomic E-state index is 2.55. The lowest BCUT2D eigenvalue weighted by Gasteiger charge is -2.31. The fourth-order valence-electron chi connectivity index (χ4n) is 10.8. The lowest BCUT2D eigenvalue weighted by Crippen LogP contribution is -2.26. The van der Waals surface area contributed by atoms with Crippen LogP contribution in [0.5, 0.6) is 0 Å². The molecule has 2 aliphatic carbocycles. The zero-order chi connectivity index (χ0) is 35.8. The van der Waals surface area contributed by atoms with Crippen LogP contribution >= 0.6 is 0 Å². The third-order valence-corrected chi connectivity index (χ3v) is 13.0. The van der Waals surface area contributed by atoms with E-state index in [0.717, 1.165) is 0 Å². The summed E-state index contributed by atoms with van der Waals surface area (Å²) in [7, 11) is 0. The molecule has 55 heavy (non-hydrogen) atoms. The van der Waals surface area contributed by atoms with E-state index in [1.54, 1.807) is 0 Å². The molecule has 2 aliphatic rings. The van der Waals surface area contributed by atoms with Gasteiger partial charge in [-0.3, -0.25) is 0 Å². The van der Waals surface area contributed by atoms with Gasteiger partial charge >= 0.3 is 0 Å². The molecule has 0 amide bonds. The van der Waals surface area contributed by atoms with Crippen LogP contribution in [0.2, 0.25) is 0 Å². The van der Waals surface area contributed by atoms with E-state index in [4.69, 9.17) is 0 Å². The van der Waals surface area contributed by atoms with Gasteiger partial charge in [-0.05, 0) is 133 Å². The van der Waals surface area contributed by atoms with E-state index in [1.165, 1.54) is 121 Å². The van der Waals surface area contributed by atoms with Gasteiger partial charge in [-0.1, -0.05) is 182 Å². The molecule has 11 aromatic carbocycles. The first kappa shape index (κ1) is 29.4.